The second-order valence-electron chi connectivity index (χ2n) is 7.28. The van der Waals surface area contributed by atoms with E-state index in [1.807, 2.05) is 13.0 Å². The van der Waals surface area contributed by atoms with Crippen LogP contribution in [0.15, 0.2) is 36.5 Å². The van der Waals surface area contributed by atoms with E-state index in [2.05, 4.69) is 49.4 Å². The third-order valence-corrected chi connectivity index (χ3v) is 5.34. The zero-order chi connectivity index (χ0) is 20.1. The molecule has 1 amide bonds. The van der Waals surface area contributed by atoms with Gasteiger partial charge in [0.1, 0.15) is 5.82 Å². The van der Waals surface area contributed by atoms with Gasteiger partial charge in [-0.25, -0.2) is 9.78 Å². The first kappa shape index (κ1) is 19.3. The summed E-state index contributed by atoms with van der Waals surface area (Å²) in [6.45, 7) is 7.10. The van der Waals surface area contributed by atoms with Crippen LogP contribution in [0.4, 0.5) is 27.9 Å². The number of hydrogen-bond donors (Lipinski definition) is 1. The molecule has 2 aliphatic heterocycles. The average Bonchev–Trinajstić information content (AvgIpc) is 3.30. The van der Waals surface area contributed by atoms with E-state index in [9.17, 15) is 4.79 Å². The van der Waals surface area contributed by atoms with Crippen LogP contribution in [0.3, 0.4) is 0 Å². The van der Waals surface area contributed by atoms with Gasteiger partial charge in [0.15, 0.2) is 0 Å². The number of nitrogens with zero attached hydrogens (tertiary/aromatic N) is 5. The molecule has 29 heavy (non-hydrogen) atoms. The van der Waals surface area contributed by atoms with Gasteiger partial charge in [-0.3, -0.25) is 0 Å². The van der Waals surface area contributed by atoms with Crippen LogP contribution in [0.1, 0.15) is 19.8 Å². The van der Waals surface area contributed by atoms with Gasteiger partial charge in [-0.05, 0) is 50.1 Å². The van der Waals surface area contributed by atoms with Gasteiger partial charge in [0.2, 0.25) is 5.95 Å². The largest absolute Gasteiger partial charge is 0.450 e. The van der Waals surface area contributed by atoms with Gasteiger partial charge in [0, 0.05) is 56.8 Å². The average molecular weight is 396 g/mol. The minimum absolute atomic E-state index is 0.249. The lowest BCUT2D eigenvalue weighted by Crippen LogP contribution is -2.49. The van der Waals surface area contributed by atoms with Gasteiger partial charge in [0.05, 0.1) is 6.61 Å². The summed E-state index contributed by atoms with van der Waals surface area (Å²) in [5.41, 5.74) is 2.28. The first-order valence-electron chi connectivity index (χ1n) is 10.3. The number of hydrogen-bond acceptors (Lipinski definition) is 7. The van der Waals surface area contributed by atoms with Crippen molar-refractivity contribution in [2.24, 2.45) is 0 Å². The molecule has 0 aliphatic carbocycles. The number of piperazine rings is 1. The number of carbonyl (C=O) groups excluding carboxylic acids is 1. The van der Waals surface area contributed by atoms with Crippen molar-refractivity contribution in [1.82, 2.24) is 14.9 Å². The molecule has 4 rings (SSSR count). The molecule has 1 aromatic heterocycles. The Kier molecular flexibility index (Phi) is 5.97. The van der Waals surface area contributed by atoms with E-state index in [0.29, 0.717) is 38.7 Å². The molecule has 3 heterocycles. The molecule has 0 saturated carbocycles. The lowest BCUT2D eigenvalue weighted by molar-refractivity contribution is 0.105. The number of aromatic nitrogens is 2. The van der Waals surface area contributed by atoms with Crippen molar-refractivity contribution >= 4 is 29.2 Å². The number of ether oxygens (including phenoxy) is 1. The van der Waals surface area contributed by atoms with E-state index in [1.54, 1.807) is 11.1 Å². The Labute approximate surface area is 171 Å². The van der Waals surface area contributed by atoms with Crippen LogP contribution in [0.5, 0.6) is 0 Å². The van der Waals surface area contributed by atoms with Crippen molar-refractivity contribution in [2.45, 2.75) is 19.8 Å². The normalized spacial score (nSPS) is 16.8. The number of rotatable bonds is 5. The maximum atomic E-state index is 11.8. The van der Waals surface area contributed by atoms with Crippen molar-refractivity contribution in [3.05, 3.63) is 36.5 Å². The predicted molar refractivity (Wildman–Crippen MR) is 114 cm³/mol. The topological polar surface area (TPSA) is 73.8 Å². The minimum Gasteiger partial charge on any atom is -0.450 e. The Morgan fingerprint density at radius 3 is 2.41 bits per heavy atom. The first-order valence-corrected chi connectivity index (χ1v) is 10.3. The van der Waals surface area contributed by atoms with Gasteiger partial charge < -0.3 is 24.8 Å². The molecule has 0 bridgehead atoms. The van der Waals surface area contributed by atoms with Crippen molar-refractivity contribution in [3.63, 3.8) is 0 Å². The fraction of sp³-hybridized carbons (Fsp3) is 0.476. The maximum Gasteiger partial charge on any atom is 0.409 e. The number of amides is 1. The molecule has 2 fully saturated rings. The highest BCUT2D eigenvalue weighted by Crippen LogP contribution is 2.24. The molecule has 2 saturated heterocycles. The molecule has 8 heteroatoms. The Hall–Kier alpha value is -3.03. The SMILES string of the molecule is CCOC(=O)N1CCN(c2nccc(Nc3ccc(N4CCCC4)cc3)n2)CC1. The van der Waals surface area contributed by atoms with E-state index in [1.165, 1.54) is 18.5 Å². The standard InChI is InChI=1S/C21H28N6O2/c1-2-29-21(28)27-15-13-26(14-16-27)20-22-10-9-19(24-20)23-17-5-7-18(8-6-17)25-11-3-4-12-25/h5-10H,2-4,11-16H2,1H3,(H,22,23,24). The van der Waals surface area contributed by atoms with Gasteiger partial charge in [-0.2, -0.15) is 4.98 Å². The van der Waals surface area contributed by atoms with Crippen molar-refractivity contribution in [3.8, 4) is 0 Å². The minimum atomic E-state index is -0.249. The summed E-state index contributed by atoms with van der Waals surface area (Å²) in [5, 5.41) is 3.36. The molecular weight excluding hydrogens is 368 g/mol. The molecule has 0 unspecified atom stereocenters. The van der Waals surface area contributed by atoms with Crippen molar-refractivity contribution < 1.29 is 9.53 Å². The molecule has 8 nitrogen and oxygen atoms in total. The molecule has 0 radical (unpaired) electrons. The summed E-state index contributed by atoms with van der Waals surface area (Å²) in [6.07, 6.45) is 4.07. The van der Waals surface area contributed by atoms with E-state index in [-0.39, 0.29) is 6.09 Å². The van der Waals surface area contributed by atoms with Crippen molar-refractivity contribution in [1.29, 1.82) is 0 Å². The highest BCUT2D eigenvalue weighted by molar-refractivity contribution is 5.68. The first-order chi connectivity index (χ1) is 14.2. The fourth-order valence-electron chi connectivity index (χ4n) is 3.75. The van der Waals surface area contributed by atoms with Crippen LogP contribution in [0.2, 0.25) is 0 Å². The quantitative estimate of drug-likeness (QED) is 0.832. The molecule has 1 N–H and O–H groups in total. The molecular formula is C21H28N6O2. The highest BCUT2D eigenvalue weighted by atomic mass is 16.6. The number of anilines is 4. The van der Waals surface area contributed by atoms with Crippen LogP contribution >= 0.6 is 0 Å². The molecule has 2 aromatic rings. The third kappa shape index (κ3) is 4.70. The maximum absolute atomic E-state index is 11.8. The van der Waals surface area contributed by atoms with Gasteiger partial charge >= 0.3 is 6.09 Å². The molecule has 0 spiro atoms. The van der Waals surface area contributed by atoms with Crippen LogP contribution < -0.4 is 15.1 Å². The summed E-state index contributed by atoms with van der Waals surface area (Å²) >= 11 is 0. The second-order valence-corrected chi connectivity index (χ2v) is 7.28. The number of nitrogens with one attached hydrogen (secondary N) is 1. The van der Waals surface area contributed by atoms with Crippen molar-refractivity contribution in [2.75, 3.05) is 61.0 Å². The van der Waals surface area contributed by atoms with Crippen LogP contribution in [-0.4, -0.2) is 66.8 Å². The van der Waals surface area contributed by atoms with Gasteiger partial charge in [-0.1, -0.05) is 0 Å². The van der Waals surface area contributed by atoms with E-state index in [0.717, 1.165) is 24.6 Å². The summed E-state index contributed by atoms with van der Waals surface area (Å²) in [5.74, 6) is 1.43. The Bertz CT molecular complexity index is 814. The zero-order valence-electron chi connectivity index (χ0n) is 16.9. The smallest absolute Gasteiger partial charge is 0.409 e. The second kappa shape index (κ2) is 8.98. The predicted octanol–water partition coefficient (Wildman–Crippen LogP) is 3.10. The molecule has 154 valence electrons. The van der Waals surface area contributed by atoms with E-state index >= 15 is 0 Å². The highest BCUT2D eigenvalue weighted by Gasteiger charge is 2.23. The molecule has 0 atom stereocenters. The molecule has 2 aliphatic rings. The Morgan fingerprint density at radius 1 is 1.00 bits per heavy atom. The lowest BCUT2D eigenvalue weighted by Gasteiger charge is -2.34. The van der Waals surface area contributed by atoms with Crippen LogP contribution in [0.25, 0.3) is 0 Å². The molecule has 1 aromatic carbocycles. The summed E-state index contributed by atoms with van der Waals surface area (Å²) in [7, 11) is 0. The summed E-state index contributed by atoms with van der Waals surface area (Å²) < 4.78 is 5.07. The van der Waals surface area contributed by atoms with Crippen LogP contribution in [-0.2, 0) is 4.74 Å². The Balaban J connectivity index is 1.36. The van der Waals surface area contributed by atoms with Gasteiger partial charge in [0.25, 0.3) is 0 Å². The monoisotopic (exact) mass is 396 g/mol. The fourth-order valence-corrected chi connectivity index (χ4v) is 3.75. The number of benzene rings is 1. The van der Waals surface area contributed by atoms with E-state index < -0.39 is 0 Å². The summed E-state index contributed by atoms with van der Waals surface area (Å²) in [4.78, 5) is 27.2. The Morgan fingerprint density at radius 2 is 1.72 bits per heavy atom. The van der Waals surface area contributed by atoms with E-state index in [4.69, 9.17) is 4.74 Å². The zero-order valence-corrected chi connectivity index (χ0v) is 16.9. The number of carbonyl (C=O) groups is 1. The van der Waals surface area contributed by atoms with Gasteiger partial charge in [-0.15, -0.1) is 0 Å². The lowest BCUT2D eigenvalue weighted by atomic mass is 10.2. The van der Waals surface area contributed by atoms with Crippen LogP contribution in [0, 0.1) is 0 Å². The summed E-state index contributed by atoms with van der Waals surface area (Å²) in [6, 6.07) is 10.4. The third-order valence-electron chi connectivity index (χ3n) is 5.34.